The first kappa shape index (κ1) is 12.4. The van der Waals surface area contributed by atoms with Crippen LogP contribution in [0.4, 0.5) is 4.39 Å². The monoisotopic (exact) mass is 224 g/mol. The second kappa shape index (κ2) is 5.39. The highest BCUT2D eigenvalue weighted by Crippen LogP contribution is 2.12. The smallest absolute Gasteiger partial charge is 0.379 e. The van der Waals surface area contributed by atoms with Crippen molar-refractivity contribution in [2.75, 3.05) is 6.61 Å². The Kier molecular flexibility index (Phi) is 4.17. The summed E-state index contributed by atoms with van der Waals surface area (Å²) in [4.78, 5) is 22.6. The molecule has 0 saturated carbocycles. The molecule has 0 fully saturated rings. The Labute approximate surface area is 93.2 Å². The van der Waals surface area contributed by atoms with E-state index in [9.17, 15) is 14.0 Å². The van der Waals surface area contributed by atoms with Crippen molar-refractivity contribution in [3.05, 3.63) is 35.1 Å². The van der Waals surface area contributed by atoms with Gasteiger partial charge < -0.3 is 4.74 Å². The van der Waals surface area contributed by atoms with Crippen LogP contribution in [0.3, 0.4) is 0 Å². The molecule has 1 aromatic carbocycles. The van der Waals surface area contributed by atoms with Crippen LogP contribution in [-0.2, 0) is 16.0 Å². The number of rotatable bonds is 4. The predicted molar refractivity (Wildman–Crippen MR) is 56.7 cm³/mol. The van der Waals surface area contributed by atoms with Gasteiger partial charge in [-0.25, -0.2) is 9.18 Å². The minimum absolute atomic E-state index is 0.0214. The van der Waals surface area contributed by atoms with Crippen LogP contribution < -0.4 is 0 Å². The lowest BCUT2D eigenvalue weighted by atomic mass is 10.1. The molecule has 16 heavy (non-hydrogen) atoms. The van der Waals surface area contributed by atoms with Crippen LogP contribution in [0.15, 0.2) is 18.2 Å². The van der Waals surface area contributed by atoms with E-state index < -0.39 is 17.6 Å². The number of esters is 1. The number of halogens is 1. The highest BCUT2D eigenvalue weighted by Gasteiger charge is 2.18. The quantitative estimate of drug-likeness (QED) is 0.447. The summed E-state index contributed by atoms with van der Waals surface area (Å²) in [6.07, 6.45) is 0.541. The van der Waals surface area contributed by atoms with Crippen LogP contribution in [0, 0.1) is 5.82 Å². The maximum atomic E-state index is 13.4. The lowest BCUT2D eigenvalue weighted by molar-refractivity contribution is -0.137. The Morgan fingerprint density at radius 1 is 1.31 bits per heavy atom. The summed E-state index contributed by atoms with van der Waals surface area (Å²) in [7, 11) is 0. The fourth-order valence-electron chi connectivity index (χ4n) is 1.29. The average molecular weight is 224 g/mol. The Bertz CT molecular complexity index is 413. The fraction of sp³-hybridized carbons (Fsp3) is 0.333. The van der Waals surface area contributed by atoms with E-state index in [1.165, 1.54) is 12.1 Å². The summed E-state index contributed by atoms with van der Waals surface area (Å²) in [5.74, 6) is -2.24. The van der Waals surface area contributed by atoms with Crippen LogP contribution in [0.1, 0.15) is 29.8 Å². The van der Waals surface area contributed by atoms with E-state index in [1.54, 1.807) is 6.92 Å². The molecule has 0 saturated heterocycles. The van der Waals surface area contributed by atoms with E-state index in [1.807, 2.05) is 6.92 Å². The van der Waals surface area contributed by atoms with Gasteiger partial charge in [-0.1, -0.05) is 19.1 Å². The van der Waals surface area contributed by atoms with E-state index in [4.69, 9.17) is 0 Å². The number of aryl methyl sites for hydroxylation is 1. The molecule has 0 amide bonds. The van der Waals surface area contributed by atoms with E-state index in [2.05, 4.69) is 4.74 Å². The van der Waals surface area contributed by atoms with Crippen molar-refractivity contribution in [2.45, 2.75) is 20.3 Å². The zero-order valence-corrected chi connectivity index (χ0v) is 9.25. The summed E-state index contributed by atoms with van der Waals surface area (Å²) < 4.78 is 17.9. The number of hydrogen-bond donors (Lipinski definition) is 0. The molecule has 1 aromatic rings. The molecule has 3 nitrogen and oxygen atoms in total. The zero-order chi connectivity index (χ0) is 12.1. The van der Waals surface area contributed by atoms with Gasteiger partial charge in [-0.05, 0) is 25.0 Å². The van der Waals surface area contributed by atoms with E-state index in [0.717, 1.165) is 6.07 Å². The Balaban J connectivity index is 2.93. The Hall–Kier alpha value is -1.71. The second-order valence-electron chi connectivity index (χ2n) is 3.21. The largest absolute Gasteiger partial charge is 0.460 e. The predicted octanol–water partition coefficient (Wildman–Crippen LogP) is 2.13. The molecule has 0 atom stereocenters. The number of carbonyl (C=O) groups is 2. The van der Waals surface area contributed by atoms with Gasteiger partial charge in [-0.3, -0.25) is 4.79 Å². The van der Waals surface area contributed by atoms with E-state index >= 15 is 0 Å². The van der Waals surface area contributed by atoms with Gasteiger partial charge in [0.25, 0.3) is 5.78 Å². The molecule has 0 aromatic heterocycles. The van der Waals surface area contributed by atoms with Gasteiger partial charge in [0.15, 0.2) is 0 Å². The minimum Gasteiger partial charge on any atom is -0.460 e. The molecule has 0 spiro atoms. The number of ether oxygens (including phenoxy) is 1. The van der Waals surface area contributed by atoms with Crippen LogP contribution in [-0.4, -0.2) is 18.4 Å². The third kappa shape index (κ3) is 2.66. The average Bonchev–Trinajstić information content (AvgIpc) is 2.28. The van der Waals surface area contributed by atoms with Crippen LogP contribution in [0.25, 0.3) is 0 Å². The first-order chi connectivity index (χ1) is 7.60. The molecule has 0 bridgehead atoms. The topological polar surface area (TPSA) is 43.4 Å². The van der Waals surface area contributed by atoms with Gasteiger partial charge in [-0.15, -0.1) is 0 Å². The van der Waals surface area contributed by atoms with E-state index in [0.29, 0.717) is 12.0 Å². The Morgan fingerprint density at radius 2 is 2.00 bits per heavy atom. The molecular formula is C12H13FO3. The van der Waals surface area contributed by atoms with Crippen molar-refractivity contribution in [3.8, 4) is 0 Å². The van der Waals surface area contributed by atoms with Gasteiger partial charge in [0, 0.05) is 5.56 Å². The summed E-state index contributed by atoms with van der Waals surface area (Å²) in [6, 6.07) is 4.00. The summed E-state index contributed by atoms with van der Waals surface area (Å²) >= 11 is 0. The van der Waals surface area contributed by atoms with Gasteiger partial charge in [-0.2, -0.15) is 0 Å². The molecule has 0 unspecified atom stereocenters. The molecule has 0 aliphatic carbocycles. The summed E-state index contributed by atoms with van der Waals surface area (Å²) in [5.41, 5.74) is 0.536. The number of benzene rings is 1. The number of carbonyl (C=O) groups excluding carboxylic acids is 2. The number of ketones is 1. The Morgan fingerprint density at radius 3 is 2.50 bits per heavy atom. The van der Waals surface area contributed by atoms with Crippen molar-refractivity contribution in [2.24, 2.45) is 0 Å². The molecule has 1 rings (SSSR count). The van der Waals surface area contributed by atoms with Gasteiger partial charge in [0.05, 0.1) is 6.61 Å². The minimum atomic E-state index is -0.953. The molecule has 86 valence electrons. The van der Waals surface area contributed by atoms with E-state index in [-0.39, 0.29) is 12.2 Å². The van der Waals surface area contributed by atoms with Crippen molar-refractivity contribution in [3.63, 3.8) is 0 Å². The lowest BCUT2D eigenvalue weighted by Gasteiger charge is -2.03. The van der Waals surface area contributed by atoms with Gasteiger partial charge >= 0.3 is 5.97 Å². The molecule has 0 radical (unpaired) electrons. The number of Topliss-reactive ketones (excluding diaryl/α,β-unsaturated/α-hetero) is 1. The first-order valence-electron chi connectivity index (χ1n) is 5.10. The number of hydrogen-bond acceptors (Lipinski definition) is 3. The second-order valence-corrected chi connectivity index (χ2v) is 3.21. The first-order valence-corrected chi connectivity index (χ1v) is 5.10. The maximum Gasteiger partial charge on any atom is 0.379 e. The van der Waals surface area contributed by atoms with Crippen molar-refractivity contribution >= 4 is 11.8 Å². The van der Waals surface area contributed by atoms with Crippen LogP contribution in [0.2, 0.25) is 0 Å². The highest BCUT2D eigenvalue weighted by molar-refractivity contribution is 6.40. The van der Waals surface area contributed by atoms with Crippen LogP contribution >= 0.6 is 0 Å². The third-order valence-corrected chi connectivity index (χ3v) is 2.16. The third-order valence-electron chi connectivity index (χ3n) is 2.16. The molecule has 0 aliphatic heterocycles. The molecule has 0 heterocycles. The highest BCUT2D eigenvalue weighted by atomic mass is 19.1. The summed E-state index contributed by atoms with van der Waals surface area (Å²) in [5, 5.41) is 0. The molecule has 4 heteroatoms. The van der Waals surface area contributed by atoms with Gasteiger partial charge in [0.1, 0.15) is 5.82 Å². The SMILES string of the molecule is CCOC(=O)C(=O)c1ccc(CC)c(F)c1. The molecular weight excluding hydrogens is 211 g/mol. The maximum absolute atomic E-state index is 13.4. The van der Waals surface area contributed by atoms with Crippen LogP contribution in [0.5, 0.6) is 0 Å². The molecule has 0 aliphatic rings. The fourth-order valence-corrected chi connectivity index (χ4v) is 1.29. The zero-order valence-electron chi connectivity index (χ0n) is 9.25. The lowest BCUT2D eigenvalue weighted by Crippen LogP contribution is -2.17. The normalized spacial score (nSPS) is 9.94. The summed E-state index contributed by atoms with van der Waals surface area (Å²) in [6.45, 7) is 3.54. The van der Waals surface area contributed by atoms with Gasteiger partial charge in [0.2, 0.25) is 0 Å². The van der Waals surface area contributed by atoms with Crippen molar-refractivity contribution in [1.82, 2.24) is 0 Å². The van der Waals surface area contributed by atoms with Crippen molar-refractivity contribution < 1.29 is 18.7 Å². The standard InChI is InChI=1S/C12H13FO3/c1-3-8-5-6-9(7-10(8)13)11(14)12(15)16-4-2/h5-7H,3-4H2,1-2H3. The molecule has 0 N–H and O–H groups in total. The van der Waals surface area contributed by atoms with Crippen molar-refractivity contribution in [1.29, 1.82) is 0 Å².